The van der Waals surface area contributed by atoms with Crippen molar-refractivity contribution in [2.75, 3.05) is 59.1 Å². The molecule has 7 heteroatoms. The van der Waals surface area contributed by atoms with E-state index in [2.05, 4.69) is 27.4 Å². The van der Waals surface area contributed by atoms with Gasteiger partial charge in [0, 0.05) is 32.8 Å². The number of aliphatic imine (C=N–C) groups is 1. The van der Waals surface area contributed by atoms with Crippen molar-refractivity contribution in [2.45, 2.75) is 51.6 Å². The molecule has 0 amide bonds. The van der Waals surface area contributed by atoms with Crippen molar-refractivity contribution in [3.05, 3.63) is 0 Å². The number of hydrogen-bond acceptors (Lipinski definition) is 4. The van der Waals surface area contributed by atoms with Crippen LogP contribution in [0.25, 0.3) is 0 Å². The van der Waals surface area contributed by atoms with Crippen molar-refractivity contribution < 1.29 is 9.47 Å². The molecule has 1 atom stereocenters. The van der Waals surface area contributed by atoms with E-state index in [1.54, 1.807) is 0 Å². The highest BCUT2D eigenvalue weighted by atomic mass is 127. The zero-order valence-corrected chi connectivity index (χ0v) is 18.1. The molecule has 0 bridgehead atoms. The predicted octanol–water partition coefficient (Wildman–Crippen LogP) is 2.23. The number of rotatable bonds is 11. The normalized spacial score (nSPS) is 21.3. The summed E-state index contributed by atoms with van der Waals surface area (Å²) >= 11 is 0. The first-order valence-corrected chi connectivity index (χ1v) is 9.82. The molecule has 2 aliphatic heterocycles. The third-order valence-corrected chi connectivity index (χ3v) is 4.53. The average Bonchev–Trinajstić information content (AvgIpc) is 3.28. The van der Waals surface area contributed by atoms with E-state index in [-0.39, 0.29) is 24.0 Å². The van der Waals surface area contributed by atoms with Gasteiger partial charge in [0.25, 0.3) is 0 Å². The molecular weight excluding hydrogens is 431 g/mol. The summed E-state index contributed by atoms with van der Waals surface area (Å²) in [5.74, 6) is 0.929. The van der Waals surface area contributed by atoms with Crippen LogP contribution < -0.4 is 10.6 Å². The molecule has 25 heavy (non-hydrogen) atoms. The molecule has 0 radical (unpaired) electrons. The van der Waals surface area contributed by atoms with Crippen molar-refractivity contribution in [3.63, 3.8) is 0 Å². The van der Waals surface area contributed by atoms with Gasteiger partial charge in [-0.1, -0.05) is 0 Å². The maximum atomic E-state index is 5.67. The molecule has 0 aliphatic carbocycles. The summed E-state index contributed by atoms with van der Waals surface area (Å²) in [7, 11) is 0. The molecule has 2 heterocycles. The van der Waals surface area contributed by atoms with Crippen LogP contribution in [-0.2, 0) is 9.47 Å². The van der Waals surface area contributed by atoms with Crippen LogP contribution in [0, 0.1) is 0 Å². The van der Waals surface area contributed by atoms with Crippen molar-refractivity contribution in [1.29, 1.82) is 0 Å². The third kappa shape index (κ3) is 10.6. The molecular formula is C18H37IN4O2. The minimum atomic E-state index is 0. The fraction of sp³-hybridized carbons (Fsp3) is 0.944. The third-order valence-electron chi connectivity index (χ3n) is 4.53. The number of hydrogen-bond donors (Lipinski definition) is 2. The predicted molar refractivity (Wildman–Crippen MR) is 114 cm³/mol. The minimum Gasteiger partial charge on any atom is -0.379 e. The Hall–Kier alpha value is -0.120. The molecule has 0 saturated carbocycles. The SMILES string of the molecule is CCNC(=NCCCOCC1CCCO1)NCCCN1CCCC1.I. The Balaban J connectivity index is 0.00000312. The molecule has 1 unspecified atom stereocenters. The van der Waals surface area contributed by atoms with Gasteiger partial charge in [-0.2, -0.15) is 0 Å². The molecule has 0 aromatic heterocycles. The van der Waals surface area contributed by atoms with E-state index >= 15 is 0 Å². The fourth-order valence-corrected chi connectivity index (χ4v) is 3.21. The van der Waals surface area contributed by atoms with Crippen LogP contribution in [0.1, 0.15) is 45.4 Å². The molecule has 6 nitrogen and oxygen atoms in total. The van der Waals surface area contributed by atoms with Gasteiger partial charge < -0.3 is 25.0 Å². The zero-order chi connectivity index (χ0) is 16.9. The standard InChI is InChI=1S/C18H36N4O2.HI/c1-2-19-18(20-9-6-13-22-11-3-4-12-22)21-10-7-14-23-16-17-8-5-15-24-17;/h17H,2-16H2,1H3,(H2,19,20,21);1H. The van der Waals surface area contributed by atoms with Crippen LogP contribution in [0.2, 0.25) is 0 Å². The van der Waals surface area contributed by atoms with Gasteiger partial charge in [0.05, 0.1) is 12.7 Å². The van der Waals surface area contributed by atoms with E-state index < -0.39 is 0 Å². The molecule has 2 saturated heterocycles. The van der Waals surface area contributed by atoms with Gasteiger partial charge in [-0.15, -0.1) is 24.0 Å². The molecule has 0 spiro atoms. The lowest BCUT2D eigenvalue weighted by atomic mass is 10.2. The smallest absolute Gasteiger partial charge is 0.191 e. The largest absolute Gasteiger partial charge is 0.379 e. The minimum absolute atomic E-state index is 0. The summed E-state index contributed by atoms with van der Waals surface area (Å²) in [6.45, 7) is 10.9. The highest BCUT2D eigenvalue weighted by Crippen LogP contribution is 2.11. The first-order chi connectivity index (χ1) is 11.9. The topological polar surface area (TPSA) is 58.1 Å². The van der Waals surface area contributed by atoms with E-state index in [9.17, 15) is 0 Å². The molecule has 2 rings (SSSR count). The molecule has 0 aromatic carbocycles. The molecule has 148 valence electrons. The van der Waals surface area contributed by atoms with E-state index in [0.29, 0.717) is 6.10 Å². The van der Waals surface area contributed by atoms with Crippen LogP contribution in [0.15, 0.2) is 4.99 Å². The quantitative estimate of drug-likeness (QED) is 0.211. The summed E-state index contributed by atoms with van der Waals surface area (Å²) in [6, 6.07) is 0. The van der Waals surface area contributed by atoms with Gasteiger partial charge in [-0.25, -0.2) is 0 Å². The lowest BCUT2D eigenvalue weighted by Crippen LogP contribution is -2.38. The Bertz CT molecular complexity index is 346. The first kappa shape index (κ1) is 22.9. The van der Waals surface area contributed by atoms with E-state index in [0.717, 1.165) is 58.3 Å². The Labute approximate surface area is 170 Å². The number of ether oxygens (including phenoxy) is 2. The monoisotopic (exact) mass is 468 g/mol. The summed E-state index contributed by atoms with van der Waals surface area (Å²) in [6.07, 6.45) is 7.51. The number of halogens is 1. The Morgan fingerprint density at radius 2 is 2.04 bits per heavy atom. The number of likely N-dealkylation sites (tertiary alicyclic amines) is 1. The number of nitrogens with zero attached hydrogens (tertiary/aromatic N) is 2. The average molecular weight is 468 g/mol. The van der Waals surface area contributed by atoms with Crippen LogP contribution in [-0.4, -0.2) is 76.1 Å². The van der Waals surface area contributed by atoms with Gasteiger partial charge >= 0.3 is 0 Å². The van der Waals surface area contributed by atoms with Crippen LogP contribution in [0.4, 0.5) is 0 Å². The van der Waals surface area contributed by atoms with Crippen molar-refractivity contribution in [1.82, 2.24) is 15.5 Å². The van der Waals surface area contributed by atoms with E-state index in [1.807, 2.05) is 0 Å². The van der Waals surface area contributed by atoms with Gasteiger partial charge in [0.1, 0.15) is 0 Å². The maximum absolute atomic E-state index is 5.67. The fourth-order valence-electron chi connectivity index (χ4n) is 3.21. The second-order valence-corrected chi connectivity index (χ2v) is 6.65. The Kier molecular flexibility index (Phi) is 13.7. The molecule has 2 N–H and O–H groups in total. The second-order valence-electron chi connectivity index (χ2n) is 6.65. The van der Waals surface area contributed by atoms with E-state index in [4.69, 9.17) is 9.47 Å². The van der Waals surface area contributed by atoms with Gasteiger partial charge in [-0.05, 0) is 65.1 Å². The highest BCUT2D eigenvalue weighted by Gasteiger charge is 2.14. The second kappa shape index (κ2) is 15.0. The lowest BCUT2D eigenvalue weighted by molar-refractivity contribution is 0.0171. The van der Waals surface area contributed by atoms with Gasteiger partial charge in [0.2, 0.25) is 0 Å². The maximum Gasteiger partial charge on any atom is 0.191 e. The first-order valence-electron chi connectivity index (χ1n) is 9.82. The summed E-state index contributed by atoms with van der Waals surface area (Å²) in [5, 5.41) is 6.74. The van der Waals surface area contributed by atoms with Crippen molar-refractivity contribution >= 4 is 29.9 Å². The van der Waals surface area contributed by atoms with Crippen molar-refractivity contribution in [3.8, 4) is 0 Å². The Morgan fingerprint density at radius 3 is 2.76 bits per heavy atom. The van der Waals surface area contributed by atoms with Crippen LogP contribution >= 0.6 is 24.0 Å². The molecule has 0 aromatic rings. The van der Waals surface area contributed by atoms with Crippen LogP contribution in [0.3, 0.4) is 0 Å². The lowest BCUT2D eigenvalue weighted by Gasteiger charge is -2.15. The molecule has 2 fully saturated rings. The van der Waals surface area contributed by atoms with Crippen LogP contribution in [0.5, 0.6) is 0 Å². The molecule has 2 aliphatic rings. The summed E-state index contributed by atoms with van der Waals surface area (Å²) < 4.78 is 11.2. The van der Waals surface area contributed by atoms with Gasteiger partial charge in [0.15, 0.2) is 5.96 Å². The highest BCUT2D eigenvalue weighted by molar-refractivity contribution is 14.0. The van der Waals surface area contributed by atoms with Crippen molar-refractivity contribution in [2.24, 2.45) is 4.99 Å². The number of nitrogens with one attached hydrogen (secondary N) is 2. The Morgan fingerprint density at radius 1 is 1.20 bits per heavy atom. The number of guanidine groups is 1. The zero-order valence-electron chi connectivity index (χ0n) is 15.8. The summed E-state index contributed by atoms with van der Waals surface area (Å²) in [5.41, 5.74) is 0. The van der Waals surface area contributed by atoms with E-state index in [1.165, 1.54) is 45.3 Å². The van der Waals surface area contributed by atoms with Gasteiger partial charge in [-0.3, -0.25) is 4.99 Å². The summed E-state index contributed by atoms with van der Waals surface area (Å²) in [4.78, 5) is 7.17.